The highest BCUT2D eigenvalue weighted by atomic mass is 35.5. The molecule has 1 unspecified atom stereocenters. The number of hydrogen-bond acceptors (Lipinski definition) is 7. The summed E-state index contributed by atoms with van der Waals surface area (Å²) in [4.78, 5) is -0.540. The number of nitrogens with zero attached hydrogens (tertiary/aromatic N) is 4. The van der Waals surface area contributed by atoms with Crippen molar-refractivity contribution in [3.63, 3.8) is 0 Å². The van der Waals surface area contributed by atoms with Crippen molar-refractivity contribution in [3.05, 3.63) is 33.4 Å². The average molecular weight is 571 g/mol. The van der Waals surface area contributed by atoms with Crippen LogP contribution in [-0.4, -0.2) is 52.9 Å². The maximum absolute atomic E-state index is 13.4. The number of halogens is 8. The van der Waals surface area contributed by atoms with E-state index in [0.717, 1.165) is 0 Å². The quantitative estimate of drug-likeness (QED) is 0.516. The van der Waals surface area contributed by atoms with Crippen LogP contribution in [0, 0.1) is 11.3 Å². The molecule has 1 aromatic heterocycles. The van der Waals surface area contributed by atoms with E-state index in [2.05, 4.69) is 5.10 Å². The Morgan fingerprint density at radius 3 is 2.24 bits per heavy atom. The van der Waals surface area contributed by atoms with E-state index in [1.54, 1.807) is 0 Å². The highest BCUT2D eigenvalue weighted by Gasteiger charge is 2.45. The van der Waals surface area contributed by atoms with E-state index in [9.17, 15) is 44.2 Å². The molecule has 0 bridgehead atoms. The number of alkyl halides is 6. The number of hydrogen-bond donors (Lipinski definition) is 0. The van der Waals surface area contributed by atoms with Crippen LogP contribution < -0.4 is 4.90 Å². The van der Waals surface area contributed by atoms with E-state index < -0.39 is 88.4 Å². The summed E-state index contributed by atoms with van der Waals surface area (Å²) in [5, 5.41) is 11.5. The minimum absolute atomic E-state index is 0.322. The van der Waals surface area contributed by atoms with Gasteiger partial charge in [-0.15, -0.1) is 0 Å². The molecular weight excluding hydrogens is 561 g/mol. The van der Waals surface area contributed by atoms with Crippen molar-refractivity contribution in [1.82, 2.24) is 9.78 Å². The van der Waals surface area contributed by atoms with Crippen molar-refractivity contribution in [2.24, 2.45) is 0 Å². The summed E-state index contributed by atoms with van der Waals surface area (Å²) in [5.74, 6) is -2.29. The van der Waals surface area contributed by atoms with Gasteiger partial charge < -0.3 is 9.64 Å². The molecule has 1 aromatic carbocycles. The molecule has 0 saturated carbocycles. The van der Waals surface area contributed by atoms with Crippen LogP contribution in [0.25, 0.3) is 5.69 Å². The molecule has 1 fully saturated rings. The third-order valence-corrected chi connectivity index (χ3v) is 7.55. The maximum atomic E-state index is 13.4. The maximum Gasteiger partial charge on any atom is 0.476 e. The Morgan fingerprint density at radius 2 is 1.74 bits per heavy atom. The van der Waals surface area contributed by atoms with Crippen LogP contribution in [0.5, 0.6) is 0 Å². The Kier molecular flexibility index (Phi) is 7.17. The molecule has 1 atom stereocenters. The Balaban J connectivity index is 2.38. The fourth-order valence-electron chi connectivity index (χ4n) is 2.94. The standard InChI is InChI=1S/C16H10Cl2F6N4O4S2/c17-9-3-8(15(19,20)21)4-10(18)12(9)28-14(27-6-32-1-2-34(30,31)7-27)13(11(5-25)26-28)33(29)16(22,23)24/h3-4H,1-2,6-7H2. The molecule has 18 heteroatoms. The van der Waals surface area contributed by atoms with Crippen molar-refractivity contribution in [2.75, 3.05) is 29.9 Å². The second-order valence-corrected chi connectivity index (χ2v) is 11.1. The largest absolute Gasteiger partial charge is 0.476 e. The van der Waals surface area contributed by atoms with E-state index >= 15 is 0 Å². The van der Waals surface area contributed by atoms with E-state index in [4.69, 9.17) is 27.9 Å². The molecule has 0 radical (unpaired) electrons. The third-order valence-electron chi connectivity index (χ3n) is 4.31. The number of anilines is 1. The van der Waals surface area contributed by atoms with Gasteiger partial charge in [0.25, 0.3) is 0 Å². The zero-order chi connectivity index (χ0) is 25.6. The third kappa shape index (κ3) is 5.28. The fraction of sp³-hybridized carbons (Fsp3) is 0.375. The molecule has 186 valence electrons. The lowest BCUT2D eigenvalue weighted by atomic mass is 10.2. The minimum atomic E-state index is -5.41. The van der Waals surface area contributed by atoms with Gasteiger partial charge in [0.2, 0.25) is 0 Å². The first-order chi connectivity index (χ1) is 15.6. The van der Waals surface area contributed by atoms with Gasteiger partial charge in [-0.2, -0.15) is 36.7 Å². The molecule has 0 N–H and O–H groups in total. The van der Waals surface area contributed by atoms with Crippen molar-refractivity contribution < 1.29 is 43.7 Å². The van der Waals surface area contributed by atoms with Crippen LogP contribution in [0.4, 0.5) is 32.2 Å². The summed E-state index contributed by atoms with van der Waals surface area (Å²) in [7, 11) is -7.86. The summed E-state index contributed by atoms with van der Waals surface area (Å²) in [6.45, 7) is -0.967. The van der Waals surface area contributed by atoms with Crippen LogP contribution >= 0.6 is 23.2 Å². The van der Waals surface area contributed by atoms with Crippen LogP contribution in [0.1, 0.15) is 11.3 Å². The van der Waals surface area contributed by atoms with Crippen LogP contribution in [0.2, 0.25) is 10.0 Å². The van der Waals surface area contributed by atoms with Gasteiger partial charge in [-0.05, 0) is 12.1 Å². The number of sulfone groups is 1. The first-order valence-corrected chi connectivity index (χ1v) is 12.4. The predicted molar refractivity (Wildman–Crippen MR) is 108 cm³/mol. The lowest BCUT2D eigenvalue weighted by molar-refractivity contribution is -0.137. The van der Waals surface area contributed by atoms with Gasteiger partial charge in [0, 0.05) is 0 Å². The van der Waals surface area contributed by atoms with Gasteiger partial charge in [0.1, 0.15) is 29.3 Å². The molecule has 0 spiro atoms. The summed E-state index contributed by atoms with van der Waals surface area (Å²) >= 11 is 11.9. The van der Waals surface area contributed by atoms with Gasteiger partial charge >= 0.3 is 11.7 Å². The predicted octanol–water partition coefficient (Wildman–Crippen LogP) is 3.86. The topological polar surface area (TPSA) is 105 Å². The molecule has 2 heterocycles. The Morgan fingerprint density at radius 1 is 1.15 bits per heavy atom. The summed E-state index contributed by atoms with van der Waals surface area (Å²) in [5.41, 5.74) is -8.34. The van der Waals surface area contributed by atoms with E-state index in [0.29, 0.717) is 21.7 Å². The number of benzene rings is 1. The van der Waals surface area contributed by atoms with Crippen molar-refractivity contribution in [3.8, 4) is 11.8 Å². The van der Waals surface area contributed by atoms with E-state index in [-0.39, 0.29) is 6.61 Å². The summed E-state index contributed by atoms with van der Waals surface area (Å²) in [6.07, 6.45) is -4.88. The molecule has 1 aliphatic heterocycles. The van der Waals surface area contributed by atoms with Gasteiger partial charge in [-0.1, -0.05) is 23.2 Å². The Hall–Kier alpha value is -2.06. The zero-order valence-electron chi connectivity index (χ0n) is 16.2. The molecule has 0 amide bonds. The normalized spacial score (nSPS) is 17.8. The molecule has 34 heavy (non-hydrogen) atoms. The summed E-state index contributed by atoms with van der Waals surface area (Å²) in [6, 6.07) is 2.15. The average Bonchev–Trinajstić information content (AvgIpc) is 2.96. The lowest BCUT2D eigenvalue weighted by Crippen LogP contribution is -2.33. The highest BCUT2D eigenvalue weighted by Crippen LogP contribution is 2.42. The number of aromatic nitrogens is 2. The molecule has 2 aromatic rings. The van der Waals surface area contributed by atoms with Crippen molar-refractivity contribution in [2.45, 2.75) is 16.6 Å². The molecular formula is C16H10Cl2F6N4O4S2. The highest BCUT2D eigenvalue weighted by molar-refractivity contribution is 7.91. The number of rotatable bonds is 3. The second kappa shape index (κ2) is 9.19. The van der Waals surface area contributed by atoms with E-state index in [1.165, 1.54) is 6.07 Å². The number of ether oxygens (including phenoxy) is 1. The fourth-order valence-corrected chi connectivity index (χ4v) is 5.64. The lowest BCUT2D eigenvalue weighted by Gasteiger charge is -2.24. The number of nitriles is 1. The van der Waals surface area contributed by atoms with Crippen LogP contribution in [0.15, 0.2) is 17.0 Å². The van der Waals surface area contributed by atoms with Crippen molar-refractivity contribution >= 4 is 49.7 Å². The van der Waals surface area contributed by atoms with Crippen LogP contribution in [0.3, 0.4) is 0 Å². The molecule has 8 nitrogen and oxygen atoms in total. The van der Waals surface area contributed by atoms with Crippen molar-refractivity contribution in [1.29, 1.82) is 5.26 Å². The Bertz CT molecular complexity index is 1280. The Labute approximate surface area is 200 Å². The monoisotopic (exact) mass is 570 g/mol. The zero-order valence-corrected chi connectivity index (χ0v) is 19.4. The minimum Gasteiger partial charge on any atom is -0.360 e. The molecule has 3 rings (SSSR count). The first kappa shape index (κ1) is 26.5. The first-order valence-electron chi connectivity index (χ1n) is 8.68. The molecule has 1 aliphatic rings. The molecule has 0 aliphatic carbocycles. The van der Waals surface area contributed by atoms with E-state index in [1.807, 2.05) is 0 Å². The SMILES string of the molecule is N#Cc1nn(-c2c(Cl)cc(C(F)(F)F)cc2Cl)c(N2COCCS(=O)(=O)C2)c1S(=O)C(F)(F)F. The second-order valence-electron chi connectivity index (χ2n) is 6.68. The smallest absolute Gasteiger partial charge is 0.360 e. The van der Waals surface area contributed by atoms with Crippen LogP contribution in [-0.2, 0) is 31.5 Å². The molecule has 1 saturated heterocycles. The van der Waals surface area contributed by atoms with Gasteiger partial charge in [-0.25, -0.2) is 17.3 Å². The van der Waals surface area contributed by atoms with Gasteiger partial charge in [-0.3, -0.25) is 0 Å². The van der Waals surface area contributed by atoms with Gasteiger partial charge in [0.05, 0.1) is 28.0 Å². The summed E-state index contributed by atoms with van der Waals surface area (Å²) < 4.78 is 122. The van der Waals surface area contributed by atoms with Gasteiger partial charge in [0.15, 0.2) is 32.1 Å².